The van der Waals surface area contributed by atoms with Crippen LogP contribution in [0.1, 0.15) is 33.6 Å². The van der Waals surface area contributed by atoms with Gasteiger partial charge >= 0.3 is 0 Å². The van der Waals surface area contributed by atoms with Crippen molar-refractivity contribution in [3.8, 4) is 5.75 Å². The van der Waals surface area contributed by atoms with Crippen LogP contribution < -0.4 is 15.0 Å². The molecule has 0 spiro atoms. The van der Waals surface area contributed by atoms with Gasteiger partial charge in [-0.05, 0) is 50.9 Å². The van der Waals surface area contributed by atoms with Gasteiger partial charge in [-0.2, -0.15) is 0 Å². The lowest BCUT2D eigenvalue weighted by Gasteiger charge is -2.30. The highest BCUT2D eigenvalue weighted by molar-refractivity contribution is 5.59. The van der Waals surface area contributed by atoms with Crippen LogP contribution in [0, 0.1) is 5.92 Å². The van der Waals surface area contributed by atoms with E-state index in [9.17, 15) is 0 Å². The Kier molecular flexibility index (Phi) is 5.72. The molecule has 1 aliphatic heterocycles. The summed E-state index contributed by atoms with van der Waals surface area (Å²) in [6.45, 7) is 10.9. The number of hydrogen-bond donors (Lipinski definition) is 1. The topological polar surface area (TPSA) is 24.5 Å². The average Bonchev–Trinajstić information content (AvgIpc) is 2.65. The SMILES string of the molecule is CC(C)CNCCC(C)N1CCCOc2ccccc21. The first kappa shape index (κ1) is 15.2. The first-order chi connectivity index (χ1) is 9.68. The molecule has 1 unspecified atom stereocenters. The van der Waals surface area contributed by atoms with E-state index >= 15 is 0 Å². The highest BCUT2D eigenvalue weighted by atomic mass is 16.5. The van der Waals surface area contributed by atoms with E-state index in [2.05, 4.69) is 55.3 Å². The van der Waals surface area contributed by atoms with E-state index in [1.165, 1.54) is 12.1 Å². The maximum atomic E-state index is 5.83. The van der Waals surface area contributed by atoms with Crippen molar-refractivity contribution in [3.05, 3.63) is 24.3 Å². The largest absolute Gasteiger partial charge is 0.491 e. The molecule has 1 heterocycles. The summed E-state index contributed by atoms with van der Waals surface area (Å²) < 4.78 is 5.83. The molecule has 0 saturated heterocycles. The van der Waals surface area contributed by atoms with Gasteiger partial charge in [-0.25, -0.2) is 0 Å². The van der Waals surface area contributed by atoms with Gasteiger partial charge in [0.05, 0.1) is 12.3 Å². The zero-order chi connectivity index (χ0) is 14.4. The number of fused-ring (bicyclic) bond motifs is 1. The molecule has 0 bridgehead atoms. The van der Waals surface area contributed by atoms with Crippen molar-refractivity contribution < 1.29 is 4.74 Å². The predicted octanol–water partition coefficient (Wildman–Crippen LogP) is 3.30. The molecule has 0 saturated carbocycles. The minimum atomic E-state index is 0.539. The van der Waals surface area contributed by atoms with Crippen LogP contribution in [0.4, 0.5) is 5.69 Å². The summed E-state index contributed by atoms with van der Waals surface area (Å²) in [5, 5.41) is 3.54. The molecule has 0 fully saturated rings. The molecule has 1 aromatic carbocycles. The Labute approximate surface area is 123 Å². The second-order valence-electron chi connectivity index (χ2n) is 6.10. The van der Waals surface area contributed by atoms with Crippen molar-refractivity contribution in [1.82, 2.24) is 5.32 Å². The van der Waals surface area contributed by atoms with Crippen LogP contribution >= 0.6 is 0 Å². The van der Waals surface area contributed by atoms with Crippen LogP contribution in [0.5, 0.6) is 5.75 Å². The number of anilines is 1. The summed E-state index contributed by atoms with van der Waals surface area (Å²) in [5.41, 5.74) is 1.25. The Morgan fingerprint density at radius 3 is 2.85 bits per heavy atom. The van der Waals surface area contributed by atoms with Gasteiger partial charge in [0.15, 0.2) is 0 Å². The lowest BCUT2D eigenvalue weighted by molar-refractivity contribution is 0.322. The molecule has 3 nitrogen and oxygen atoms in total. The molecule has 2 rings (SSSR count). The smallest absolute Gasteiger partial charge is 0.142 e. The number of rotatable bonds is 6. The van der Waals surface area contributed by atoms with E-state index in [1.54, 1.807) is 0 Å². The predicted molar refractivity (Wildman–Crippen MR) is 85.7 cm³/mol. The summed E-state index contributed by atoms with van der Waals surface area (Å²) in [5.74, 6) is 1.75. The van der Waals surface area contributed by atoms with E-state index < -0.39 is 0 Å². The Morgan fingerprint density at radius 2 is 2.05 bits per heavy atom. The van der Waals surface area contributed by atoms with Gasteiger partial charge < -0.3 is 15.0 Å². The number of hydrogen-bond acceptors (Lipinski definition) is 3. The monoisotopic (exact) mass is 276 g/mol. The van der Waals surface area contributed by atoms with Gasteiger partial charge in [-0.15, -0.1) is 0 Å². The van der Waals surface area contributed by atoms with Gasteiger partial charge in [0.1, 0.15) is 5.75 Å². The molecule has 112 valence electrons. The zero-order valence-electron chi connectivity index (χ0n) is 13.1. The molecule has 0 radical (unpaired) electrons. The summed E-state index contributed by atoms with van der Waals surface area (Å²) >= 11 is 0. The standard InChI is InChI=1S/C17H28N2O/c1-14(2)13-18-10-9-15(3)19-11-6-12-20-17-8-5-4-7-16(17)19/h4-5,7-8,14-15,18H,6,9-13H2,1-3H3. The highest BCUT2D eigenvalue weighted by Crippen LogP contribution is 2.32. The lowest BCUT2D eigenvalue weighted by Crippen LogP contribution is -2.36. The van der Waals surface area contributed by atoms with Crippen molar-refractivity contribution in [1.29, 1.82) is 0 Å². The zero-order valence-corrected chi connectivity index (χ0v) is 13.1. The van der Waals surface area contributed by atoms with E-state index in [0.717, 1.165) is 44.3 Å². The third-order valence-electron chi connectivity index (χ3n) is 3.80. The Hall–Kier alpha value is -1.22. The molecular weight excluding hydrogens is 248 g/mol. The van der Waals surface area contributed by atoms with Crippen LogP contribution in [-0.4, -0.2) is 32.3 Å². The van der Waals surface area contributed by atoms with E-state index in [0.29, 0.717) is 6.04 Å². The minimum Gasteiger partial charge on any atom is -0.491 e. The quantitative estimate of drug-likeness (QED) is 0.807. The molecule has 0 amide bonds. The second-order valence-corrected chi connectivity index (χ2v) is 6.10. The average molecular weight is 276 g/mol. The number of nitrogens with zero attached hydrogens (tertiary/aromatic N) is 1. The number of para-hydroxylation sites is 2. The third-order valence-corrected chi connectivity index (χ3v) is 3.80. The molecular formula is C17H28N2O. The molecule has 1 atom stereocenters. The highest BCUT2D eigenvalue weighted by Gasteiger charge is 2.20. The van der Waals surface area contributed by atoms with Crippen LogP contribution in [0.3, 0.4) is 0 Å². The number of benzene rings is 1. The van der Waals surface area contributed by atoms with Crippen LogP contribution in [0.15, 0.2) is 24.3 Å². The second kappa shape index (κ2) is 7.53. The Morgan fingerprint density at radius 1 is 1.25 bits per heavy atom. The molecule has 1 aliphatic rings. The normalized spacial score (nSPS) is 16.5. The summed E-state index contributed by atoms with van der Waals surface area (Å²) in [6.07, 6.45) is 2.26. The van der Waals surface area contributed by atoms with Crippen LogP contribution in [-0.2, 0) is 0 Å². The molecule has 20 heavy (non-hydrogen) atoms. The van der Waals surface area contributed by atoms with Crippen molar-refractivity contribution in [2.45, 2.75) is 39.7 Å². The van der Waals surface area contributed by atoms with E-state index in [4.69, 9.17) is 4.74 Å². The first-order valence-corrected chi connectivity index (χ1v) is 7.87. The molecule has 0 aromatic heterocycles. The van der Waals surface area contributed by atoms with E-state index in [1.807, 2.05) is 0 Å². The third kappa shape index (κ3) is 4.14. The first-order valence-electron chi connectivity index (χ1n) is 7.87. The number of ether oxygens (including phenoxy) is 1. The van der Waals surface area contributed by atoms with E-state index in [-0.39, 0.29) is 0 Å². The molecule has 3 heteroatoms. The minimum absolute atomic E-state index is 0.539. The fraction of sp³-hybridized carbons (Fsp3) is 0.647. The maximum Gasteiger partial charge on any atom is 0.142 e. The van der Waals surface area contributed by atoms with Gasteiger partial charge in [-0.3, -0.25) is 0 Å². The fourth-order valence-corrected chi connectivity index (χ4v) is 2.67. The fourth-order valence-electron chi connectivity index (χ4n) is 2.67. The van der Waals surface area contributed by atoms with Crippen molar-refractivity contribution in [2.24, 2.45) is 5.92 Å². The van der Waals surface area contributed by atoms with Gasteiger partial charge in [0, 0.05) is 12.6 Å². The van der Waals surface area contributed by atoms with Crippen molar-refractivity contribution >= 4 is 5.69 Å². The lowest BCUT2D eigenvalue weighted by atomic mass is 10.1. The summed E-state index contributed by atoms with van der Waals surface area (Å²) in [6, 6.07) is 8.95. The molecule has 1 aromatic rings. The van der Waals surface area contributed by atoms with Crippen LogP contribution in [0.25, 0.3) is 0 Å². The van der Waals surface area contributed by atoms with Gasteiger partial charge in [-0.1, -0.05) is 26.0 Å². The maximum absolute atomic E-state index is 5.83. The Balaban J connectivity index is 1.93. The Bertz CT molecular complexity index is 406. The number of nitrogens with one attached hydrogen (secondary N) is 1. The van der Waals surface area contributed by atoms with Crippen LogP contribution in [0.2, 0.25) is 0 Å². The molecule has 0 aliphatic carbocycles. The van der Waals surface area contributed by atoms with Gasteiger partial charge in [0.2, 0.25) is 0 Å². The summed E-state index contributed by atoms with van der Waals surface area (Å²) in [4.78, 5) is 2.50. The summed E-state index contributed by atoms with van der Waals surface area (Å²) in [7, 11) is 0. The van der Waals surface area contributed by atoms with Gasteiger partial charge in [0.25, 0.3) is 0 Å². The van der Waals surface area contributed by atoms with Crippen molar-refractivity contribution in [2.75, 3.05) is 31.1 Å². The molecule has 1 N–H and O–H groups in total. The van der Waals surface area contributed by atoms with Crippen molar-refractivity contribution in [3.63, 3.8) is 0 Å².